The smallest absolute Gasteiger partial charge is 0.119 e. The summed E-state index contributed by atoms with van der Waals surface area (Å²) in [5.74, 6) is 1.89. The minimum absolute atomic E-state index is 0.299. The van der Waals surface area contributed by atoms with E-state index in [2.05, 4.69) is 12.2 Å². The zero-order valence-electron chi connectivity index (χ0n) is 12.4. The zero-order valence-corrected chi connectivity index (χ0v) is 14.0. The van der Waals surface area contributed by atoms with Crippen molar-refractivity contribution in [3.63, 3.8) is 0 Å². The van der Waals surface area contributed by atoms with Gasteiger partial charge < -0.3 is 15.2 Å². The van der Waals surface area contributed by atoms with Crippen LogP contribution in [0, 0.1) is 0 Å². The molecule has 118 valence electrons. The number of hydrogen-bond donors (Lipinski definition) is 2. The number of nitrogens with one attached hydrogen (secondary N) is 1. The van der Waals surface area contributed by atoms with Crippen molar-refractivity contribution in [2.75, 3.05) is 18.9 Å². The predicted octanol–water partition coefficient (Wildman–Crippen LogP) is 3.34. The van der Waals surface area contributed by atoms with Crippen LogP contribution in [0.3, 0.4) is 0 Å². The third kappa shape index (κ3) is 5.70. The van der Waals surface area contributed by atoms with Gasteiger partial charge in [0.2, 0.25) is 0 Å². The van der Waals surface area contributed by atoms with Crippen molar-refractivity contribution in [3.05, 3.63) is 29.3 Å². The Morgan fingerprint density at radius 2 is 2.14 bits per heavy atom. The lowest BCUT2D eigenvalue weighted by molar-refractivity contribution is 0.104. The van der Waals surface area contributed by atoms with E-state index in [1.54, 1.807) is 12.1 Å². The van der Waals surface area contributed by atoms with Gasteiger partial charge in [-0.25, -0.2) is 0 Å². The van der Waals surface area contributed by atoms with Crippen molar-refractivity contribution in [3.8, 4) is 5.75 Å². The lowest BCUT2D eigenvalue weighted by Crippen LogP contribution is -2.40. The fourth-order valence-electron chi connectivity index (χ4n) is 2.64. The first-order chi connectivity index (χ1) is 10.2. The first-order valence-corrected chi connectivity index (χ1v) is 9.03. The second-order valence-corrected chi connectivity index (χ2v) is 7.31. The Hall–Kier alpha value is -0.420. The molecule has 1 fully saturated rings. The lowest BCUT2D eigenvalue weighted by Gasteiger charge is -2.22. The summed E-state index contributed by atoms with van der Waals surface area (Å²) in [5, 5.41) is 14.9. The molecular weight excluding hydrogens is 306 g/mol. The van der Waals surface area contributed by atoms with E-state index in [0.29, 0.717) is 29.5 Å². The van der Waals surface area contributed by atoms with E-state index in [-0.39, 0.29) is 0 Å². The zero-order chi connectivity index (χ0) is 15.1. The molecule has 5 heteroatoms. The molecule has 2 N–H and O–H groups in total. The van der Waals surface area contributed by atoms with E-state index >= 15 is 0 Å². The molecule has 2 rings (SSSR count). The topological polar surface area (TPSA) is 41.5 Å². The Morgan fingerprint density at radius 3 is 2.86 bits per heavy atom. The average Bonchev–Trinajstić information content (AvgIpc) is 2.92. The molecule has 1 aromatic rings. The van der Waals surface area contributed by atoms with E-state index in [1.807, 2.05) is 23.9 Å². The van der Waals surface area contributed by atoms with Gasteiger partial charge in [0.1, 0.15) is 18.5 Å². The van der Waals surface area contributed by atoms with Crippen LogP contribution in [0.25, 0.3) is 0 Å². The molecule has 0 saturated heterocycles. The number of rotatable bonds is 8. The third-order valence-corrected chi connectivity index (χ3v) is 5.28. The standard InChI is InChI=1S/C16H24ClNO2S/c1-2-21-16-5-3-4-15(16)18-10-13(19)11-20-14-8-6-12(17)7-9-14/h6-9,13,15-16,18-19H,2-5,10-11H2,1H3. The largest absolute Gasteiger partial charge is 0.491 e. The second-order valence-electron chi connectivity index (χ2n) is 5.36. The highest BCUT2D eigenvalue weighted by atomic mass is 35.5. The van der Waals surface area contributed by atoms with Gasteiger partial charge >= 0.3 is 0 Å². The monoisotopic (exact) mass is 329 g/mol. The number of thioether (sulfide) groups is 1. The Balaban J connectivity index is 1.67. The van der Waals surface area contributed by atoms with Gasteiger partial charge in [0.15, 0.2) is 0 Å². The maximum atomic E-state index is 10.0. The van der Waals surface area contributed by atoms with E-state index in [4.69, 9.17) is 16.3 Å². The highest BCUT2D eigenvalue weighted by Crippen LogP contribution is 2.29. The van der Waals surface area contributed by atoms with Crippen LogP contribution in [0.1, 0.15) is 26.2 Å². The molecule has 0 radical (unpaired) electrons. The third-order valence-electron chi connectivity index (χ3n) is 3.70. The van der Waals surface area contributed by atoms with E-state index in [1.165, 1.54) is 19.3 Å². The van der Waals surface area contributed by atoms with Crippen LogP contribution in [-0.2, 0) is 0 Å². The van der Waals surface area contributed by atoms with Gasteiger partial charge in [-0.05, 0) is 42.9 Å². The summed E-state index contributed by atoms with van der Waals surface area (Å²) in [4.78, 5) is 0. The molecular formula is C16H24ClNO2S. The van der Waals surface area contributed by atoms with E-state index in [0.717, 1.165) is 11.5 Å². The number of benzene rings is 1. The Labute approximate surface area is 136 Å². The fraction of sp³-hybridized carbons (Fsp3) is 0.625. The summed E-state index contributed by atoms with van der Waals surface area (Å²) in [5.41, 5.74) is 0. The van der Waals surface area contributed by atoms with Crippen molar-refractivity contribution >= 4 is 23.4 Å². The van der Waals surface area contributed by atoms with Crippen LogP contribution in [0.5, 0.6) is 5.75 Å². The molecule has 0 spiro atoms. The normalized spacial score (nSPS) is 23.2. The molecule has 1 aromatic carbocycles. The Bertz CT molecular complexity index is 415. The molecule has 0 amide bonds. The van der Waals surface area contributed by atoms with Crippen LogP contribution in [-0.4, -0.2) is 41.4 Å². The van der Waals surface area contributed by atoms with Crippen LogP contribution >= 0.6 is 23.4 Å². The van der Waals surface area contributed by atoms with Crippen LogP contribution in [0.4, 0.5) is 0 Å². The van der Waals surface area contributed by atoms with Gasteiger partial charge in [-0.2, -0.15) is 11.8 Å². The van der Waals surface area contributed by atoms with Crippen molar-refractivity contribution in [1.29, 1.82) is 0 Å². The number of aliphatic hydroxyl groups is 1. The SMILES string of the molecule is CCSC1CCCC1NCC(O)COc1ccc(Cl)cc1. The van der Waals surface area contributed by atoms with Gasteiger partial charge in [-0.15, -0.1) is 0 Å². The van der Waals surface area contributed by atoms with Gasteiger partial charge in [-0.1, -0.05) is 24.9 Å². The van der Waals surface area contributed by atoms with Crippen molar-refractivity contribution < 1.29 is 9.84 Å². The van der Waals surface area contributed by atoms with Crippen LogP contribution in [0.2, 0.25) is 5.02 Å². The molecule has 0 heterocycles. The van der Waals surface area contributed by atoms with Crippen LogP contribution in [0.15, 0.2) is 24.3 Å². The maximum Gasteiger partial charge on any atom is 0.119 e. The highest BCUT2D eigenvalue weighted by Gasteiger charge is 2.27. The number of aliphatic hydroxyl groups excluding tert-OH is 1. The van der Waals surface area contributed by atoms with E-state index in [9.17, 15) is 5.11 Å². The quantitative estimate of drug-likeness (QED) is 0.767. The highest BCUT2D eigenvalue weighted by molar-refractivity contribution is 7.99. The number of hydrogen-bond acceptors (Lipinski definition) is 4. The van der Waals surface area contributed by atoms with Gasteiger partial charge in [0.25, 0.3) is 0 Å². The van der Waals surface area contributed by atoms with Crippen molar-refractivity contribution in [1.82, 2.24) is 5.32 Å². The molecule has 1 aliphatic rings. The minimum Gasteiger partial charge on any atom is -0.491 e. The van der Waals surface area contributed by atoms with E-state index < -0.39 is 6.10 Å². The second kappa shape index (κ2) is 8.89. The molecule has 3 atom stereocenters. The summed E-state index contributed by atoms with van der Waals surface area (Å²) in [7, 11) is 0. The Kier molecular flexibility index (Phi) is 7.17. The fourth-order valence-corrected chi connectivity index (χ4v) is 3.99. The average molecular weight is 330 g/mol. The van der Waals surface area contributed by atoms with Gasteiger partial charge in [0.05, 0.1) is 0 Å². The number of ether oxygens (including phenoxy) is 1. The Morgan fingerprint density at radius 1 is 1.38 bits per heavy atom. The first kappa shape index (κ1) is 16.9. The maximum absolute atomic E-state index is 10.0. The summed E-state index contributed by atoms with van der Waals surface area (Å²) < 4.78 is 5.56. The van der Waals surface area contributed by atoms with Crippen molar-refractivity contribution in [2.24, 2.45) is 0 Å². The predicted molar refractivity (Wildman–Crippen MR) is 90.5 cm³/mol. The van der Waals surface area contributed by atoms with Crippen molar-refractivity contribution in [2.45, 2.75) is 43.6 Å². The minimum atomic E-state index is -0.492. The summed E-state index contributed by atoms with van der Waals surface area (Å²) in [6, 6.07) is 7.72. The summed E-state index contributed by atoms with van der Waals surface area (Å²) in [6.45, 7) is 3.08. The van der Waals surface area contributed by atoms with Gasteiger partial charge in [0, 0.05) is 22.9 Å². The summed E-state index contributed by atoms with van der Waals surface area (Å²) in [6.07, 6.45) is 3.29. The molecule has 21 heavy (non-hydrogen) atoms. The summed E-state index contributed by atoms with van der Waals surface area (Å²) >= 11 is 7.84. The van der Waals surface area contributed by atoms with Crippen LogP contribution < -0.4 is 10.1 Å². The lowest BCUT2D eigenvalue weighted by atomic mass is 10.2. The van der Waals surface area contributed by atoms with Gasteiger partial charge in [-0.3, -0.25) is 0 Å². The first-order valence-electron chi connectivity index (χ1n) is 7.60. The molecule has 0 aliphatic heterocycles. The molecule has 0 bridgehead atoms. The molecule has 0 aromatic heterocycles. The molecule has 1 aliphatic carbocycles. The molecule has 3 unspecified atom stereocenters. The molecule has 1 saturated carbocycles. The number of halogens is 1. The molecule has 3 nitrogen and oxygen atoms in total.